The van der Waals surface area contributed by atoms with E-state index >= 15 is 0 Å². The van der Waals surface area contributed by atoms with Gasteiger partial charge in [-0.15, -0.1) is 0 Å². The van der Waals surface area contributed by atoms with Gasteiger partial charge in [0.15, 0.2) is 0 Å². The first-order valence-corrected chi connectivity index (χ1v) is 6.89. The minimum absolute atomic E-state index is 0.0179. The number of aromatic nitrogens is 1. The lowest BCUT2D eigenvalue weighted by atomic mass is 9.99. The largest absolute Gasteiger partial charge is 0.380 e. The van der Waals surface area contributed by atoms with E-state index in [1.807, 2.05) is 61.6 Å². The number of methoxy groups -OCH3 is 1. The molecule has 0 aliphatic rings. The molecule has 1 heterocycles. The number of rotatable bonds is 3. The van der Waals surface area contributed by atoms with Crippen LogP contribution in [0.2, 0.25) is 0 Å². The van der Waals surface area contributed by atoms with E-state index in [0.717, 1.165) is 27.6 Å². The third-order valence-corrected chi connectivity index (χ3v) is 3.74. The molecule has 0 spiro atoms. The van der Waals surface area contributed by atoms with Crippen molar-refractivity contribution in [1.82, 2.24) is 4.57 Å². The van der Waals surface area contributed by atoms with Crippen LogP contribution in [0.1, 0.15) is 5.56 Å². The first-order valence-electron chi connectivity index (χ1n) is 6.89. The molecule has 0 radical (unpaired) electrons. The number of fused-ring (bicyclic) bond motifs is 1. The van der Waals surface area contributed by atoms with E-state index in [2.05, 4.69) is 0 Å². The van der Waals surface area contributed by atoms with Crippen LogP contribution >= 0.6 is 0 Å². The maximum atomic E-state index is 12.6. The van der Waals surface area contributed by atoms with Gasteiger partial charge in [0.2, 0.25) is 0 Å². The monoisotopic (exact) mass is 279 g/mol. The Morgan fingerprint density at radius 2 is 1.57 bits per heavy atom. The maximum Gasteiger partial charge on any atom is 0.258 e. The lowest BCUT2D eigenvalue weighted by Gasteiger charge is -2.17. The molecule has 3 aromatic rings. The molecule has 0 saturated heterocycles. The second-order valence-electron chi connectivity index (χ2n) is 5.04. The second kappa shape index (κ2) is 5.54. The molecule has 0 atom stereocenters. The molecule has 0 unspecified atom stereocenters. The van der Waals surface area contributed by atoms with E-state index in [9.17, 15) is 4.79 Å². The molecular formula is C18H17NO2. The first-order chi connectivity index (χ1) is 10.2. The normalized spacial score (nSPS) is 11.0. The van der Waals surface area contributed by atoms with Crippen LogP contribution in [0.3, 0.4) is 0 Å². The summed E-state index contributed by atoms with van der Waals surface area (Å²) in [6.45, 7) is 0.471. The van der Waals surface area contributed by atoms with Crippen molar-refractivity contribution >= 4 is 10.8 Å². The fourth-order valence-corrected chi connectivity index (χ4v) is 2.80. The van der Waals surface area contributed by atoms with Crippen LogP contribution in [-0.2, 0) is 18.4 Å². The summed E-state index contributed by atoms with van der Waals surface area (Å²) in [6, 6.07) is 17.7. The summed E-state index contributed by atoms with van der Waals surface area (Å²) in [4.78, 5) is 12.6. The van der Waals surface area contributed by atoms with E-state index in [-0.39, 0.29) is 5.56 Å². The van der Waals surface area contributed by atoms with Crippen LogP contribution < -0.4 is 5.56 Å². The van der Waals surface area contributed by atoms with Gasteiger partial charge in [0, 0.05) is 25.1 Å². The molecular weight excluding hydrogens is 262 g/mol. The minimum atomic E-state index is 0.0179. The summed E-state index contributed by atoms with van der Waals surface area (Å²) in [5, 5.41) is 1.69. The van der Waals surface area contributed by atoms with E-state index in [0.29, 0.717) is 6.61 Å². The van der Waals surface area contributed by atoms with E-state index in [1.54, 1.807) is 11.7 Å². The number of pyridine rings is 1. The molecule has 0 aliphatic heterocycles. The number of nitrogens with zero attached hydrogens (tertiary/aromatic N) is 1. The summed E-state index contributed by atoms with van der Waals surface area (Å²) in [5.74, 6) is 0. The molecule has 3 nitrogen and oxygen atoms in total. The van der Waals surface area contributed by atoms with Gasteiger partial charge >= 0.3 is 0 Å². The number of hydrogen-bond donors (Lipinski definition) is 0. The molecule has 0 saturated carbocycles. The summed E-state index contributed by atoms with van der Waals surface area (Å²) in [5.41, 5.74) is 3.00. The summed E-state index contributed by atoms with van der Waals surface area (Å²) >= 11 is 0. The second-order valence-corrected chi connectivity index (χ2v) is 5.04. The van der Waals surface area contributed by atoms with Crippen LogP contribution in [0, 0.1) is 0 Å². The standard InChI is InChI=1S/C18H17NO2/c1-19-17(13-8-4-3-5-9-13)16(12-21-2)14-10-6-7-11-15(14)18(19)20/h3-11H,12H2,1-2H3. The van der Waals surface area contributed by atoms with Crippen molar-refractivity contribution in [3.63, 3.8) is 0 Å². The zero-order chi connectivity index (χ0) is 14.8. The number of ether oxygens (including phenoxy) is 1. The zero-order valence-electron chi connectivity index (χ0n) is 12.2. The zero-order valence-corrected chi connectivity index (χ0v) is 12.2. The van der Waals surface area contributed by atoms with Gasteiger partial charge in [0.1, 0.15) is 0 Å². The number of hydrogen-bond acceptors (Lipinski definition) is 2. The van der Waals surface area contributed by atoms with Crippen molar-refractivity contribution < 1.29 is 4.74 Å². The fraction of sp³-hybridized carbons (Fsp3) is 0.167. The Labute approximate surface area is 123 Å². The highest BCUT2D eigenvalue weighted by atomic mass is 16.5. The molecule has 0 fully saturated rings. The van der Waals surface area contributed by atoms with Gasteiger partial charge in [0.05, 0.1) is 12.3 Å². The van der Waals surface area contributed by atoms with Crippen molar-refractivity contribution in [3.8, 4) is 11.3 Å². The Hall–Kier alpha value is -2.39. The topological polar surface area (TPSA) is 31.2 Å². The predicted octanol–water partition coefficient (Wildman–Crippen LogP) is 3.35. The molecule has 3 heteroatoms. The molecule has 0 bridgehead atoms. The van der Waals surface area contributed by atoms with Gasteiger partial charge in [-0.1, -0.05) is 48.5 Å². The first kappa shape index (κ1) is 13.6. The van der Waals surface area contributed by atoms with Crippen molar-refractivity contribution in [2.45, 2.75) is 6.61 Å². The molecule has 2 aromatic carbocycles. The lowest BCUT2D eigenvalue weighted by molar-refractivity contribution is 0.186. The van der Waals surface area contributed by atoms with Gasteiger partial charge in [-0.25, -0.2) is 0 Å². The Kier molecular flexibility index (Phi) is 3.59. The van der Waals surface area contributed by atoms with Gasteiger partial charge in [0.25, 0.3) is 5.56 Å². The Morgan fingerprint density at radius 3 is 2.24 bits per heavy atom. The fourth-order valence-electron chi connectivity index (χ4n) is 2.80. The summed E-state index contributed by atoms with van der Waals surface area (Å²) in [6.07, 6.45) is 0. The molecule has 106 valence electrons. The SMILES string of the molecule is COCc1c(-c2ccccc2)n(C)c(=O)c2ccccc12. The molecule has 1 aromatic heterocycles. The third kappa shape index (κ3) is 2.26. The van der Waals surface area contributed by atoms with Crippen molar-refractivity contribution in [2.75, 3.05) is 7.11 Å². The molecule has 0 aliphatic carbocycles. The average molecular weight is 279 g/mol. The van der Waals surface area contributed by atoms with Gasteiger partial charge < -0.3 is 9.30 Å². The Morgan fingerprint density at radius 1 is 0.952 bits per heavy atom. The van der Waals surface area contributed by atoms with Crippen LogP contribution in [-0.4, -0.2) is 11.7 Å². The van der Waals surface area contributed by atoms with Gasteiger partial charge in [-0.3, -0.25) is 4.79 Å². The highest BCUT2D eigenvalue weighted by molar-refractivity contribution is 5.89. The minimum Gasteiger partial charge on any atom is -0.380 e. The lowest BCUT2D eigenvalue weighted by Crippen LogP contribution is -2.21. The highest BCUT2D eigenvalue weighted by Gasteiger charge is 2.15. The van der Waals surface area contributed by atoms with Crippen molar-refractivity contribution in [3.05, 3.63) is 70.5 Å². The Balaban J connectivity index is 2.45. The summed E-state index contributed by atoms with van der Waals surface area (Å²) < 4.78 is 7.09. The van der Waals surface area contributed by atoms with Crippen molar-refractivity contribution in [2.24, 2.45) is 7.05 Å². The van der Waals surface area contributed by atoms with Crippen LogP contribution in [0.15, 0.2) is 59.4 Å². The van der Waals surface area contributed by atoms with Crippen molar-refractivity contribution in [1.29, 1.82) is 0 Å². The maximum absolute atomic E-state index is 12.6. The van der Waals surface area contributed by atoms with Gasteiger partial charge in [-0.05, 0) is 17.0 Å². The molecule has 0 N–H and O–H groups in total. The van der Waals surface area contributed by atoms with Crippen LogP contribution in [0.5, 0.6) is 0 Å². The smallest absolute Gasteiger partial charge is 0.258 e. The predicted molar refractivity (Wildman–Crippen MR) is 85.3 cm³/mol. The summed E-state index contributed by atoms with van der Waals surface area (Å²) in [7, 11) is 3.49. The molecule has 3 rings (SSSR count). The van der Waals surface area contributed by atoms with Crippen LogP contribution in [0.25, 0.3) is 22.0 Å². The van der Waals surface area contributed by atoms with Crippen LogP contribution in [0.4, 0.5) is 0 Å². The Bertz CT molecular complexity index is 835. The van der Waals surface area contributed by atoms with E-state index < -0.39 is 0 Å². The molecule has 21 heavy (non-hydrogen) atoms. The third-order valence-electron chi connectivity index (χ3n) is 3.74. The highest BCUT2D eigenvalue weighted by Crippen LogP contribution is 2.28. The van der Waals surface area contributed by atoms with Gasteiger partial charge in [-0.2, -0.15) is 0 Å². The van der Waals surface area contributed by atoms with E-state index in [1.165, 1.54) is 0 Å². The average Bonchev–Trinajstić information content (AvgIpc) is 2.53. The molecule has 0 amide bonds. The number of benzene rings is 2. The van der Waals surface area contributed by atoms with E-state index in [4.69, 9.17) is 4.74 Å². The quantitative estimate of drug-likeness (QED) is 0.736.